The van der Waals surface area contributed by atoms with Gasteiger partial charge in [-0.1, -0.05) is 0 Å². The summed E-state index contributed by atoms with van der Waals surface area (Å²) in [5, 5.41) is 14.4. The number of fused-ring (bicyclic) bond motifs is 1. The second kappa shape index (κ2) is 7.22. The van der Waals surface area contributed by atoms with Crippen LogP contribution in [0, 0.1) is 12.8 Å². The van der Waals surface area contributed by atoms with Gasteiger partial charge in [-0.25, -0.2) is 0 Å². The van der Waals surface area contributed by atoms with Crippen LogP contribution in [0.15, 0.2) is 30.5 Å². The number of aromatic nitrogens is 4. The molecule has 0 radical (unpaired) electrons. The molecular formula is C19H22N6O2. The molecule has 3 heterocycles. The Morgan fingerprint density at radius 2 is 2.19 bits per heavy atom. The number of hydrogen-bond donors (Lipinski definition) is 3. The number of nitrogens with one attached hydrogen (secondary N) is 3. The Labute approximate surface area is 156 Å². The Kier molecular flexibility index (Phi) is 4.62. The van der Waals surface area contributed by atoms with Crippen LogP contribution in [0.25, 0.3) is 10.9 Å². The number of piperidine rings is 1. The van der Waals surface area contributed by atoms with E-state index in [1.54, 1.807) is 11.8 Å². The fraction of sp³-hybridized carbons (Fsp3) is 0.368. The Bertz CT molecular complexity index is 975. The highest BCUT2D eigenvalue weighted by Gasteiger charge is 2.27. The number of benzene rings is 1. The molecule has 2 aromatic heterocycles. The third kappa shape index (κ3) is 3.55. The molecule has 0 spiro atoms. The van der Waals surface area contributed by atoms with E-state index in [0.717, 1.165) is 23.7 Å². The van der Waals surface area contributed by atoms with Crippen LogP contribution >= 0.6 is 0 Å². The van der Waals surface area contributed by atoms with Crippen LogP contribution in [-0.4, -0.2) is 56.7 Å². The minimum absolute atomic E-state index is 0.0890. The summed E-state index contributed by atoms with van der Waals surface area (Å²) in [6.07, 6.45) is 3.76. The lowest BCUT2D eigenvalue weighted by molar-refractivity contribution is 0.0664. The largest absolute Gasteiger partial charge is 0.361 e. The average molecular weight is 366 g/mol. The van der Waals surface area contributed by atoms with Gasteiger partial charge in [0.1, 0.15) is 0 Å². The molecule has 27 heavy (non-hydrogen) atoms. The van der Waals surface area contributed by atoms with Gasteiger partial charge in [-0.15, -0.1) is 0 Å². The Morgan fingerprint density at radius 1 is 1.30 bits per heavy atom. The van der Waals surface area contributed by atoms with E-state index in [0.29, 0.717) is 36.6 Å². The topological polar surface area (TPSA) is 107 Å². The summed E-state index contributed by atoms with van der Waals surface area (Å²) in [5.74, 6) is 0.0407. The third-order valence-corrected chi connectivity index (χ3v) is 5.10. The molecule has 1 aromatic carbocycles. The van der Waals surface area contributed by atoms with E-state index in [2.05, 4.69) is 25.7 Å². The first-order valence-corrected chi connectivity index (χ1v) is 9.14. The molecule has 1 aliphatic rings. The minimum atomic E-state index is -0.102. The van der Waals surface area contributed by atoms with Crippen molar-refractivity contribution in [3.63, 3.8) is 0 Å². The molecule has 3 aromatic rings. The predicted molar refractivity (Wildman–Crippen MR) is 100 cm³/mol. The van der Waals surface area contributed by atoms with Crippen molar-refractivity contribution < 1.29 is 9.59 Å². The molecule has 0 saturated carbocycles. The fourth-order valence-electron chi connectivity index (χ4n) is 3.59. The number of carbonyl (C=O) groups excluding carboxylic acids is 2. The third-order valence-electron chi connectivity index (χ3n) is 5.10. The molecule has 8 heteroatoms. The van der Waals surface area contributed by atoms with Crippen molar-refractivity contribution in [1.82, 2.24) is 30.6 Å². The Morgan fingerprint density at radius 3 is 3.00 bits per heavy atom. The molecule has 1 saturated heterocycles. The summed E-state index contributed by atoms with van der Waals surface area (Å²) in [6, 6.07) is 7.55. The summed E-state index contributed by atoms with van der Waals surface area (Å²) in [6.45, 7) is 3.63. The van der Waals surface area contributed by atoms with Gasteiger partial charge < -0.3 is 15.2 Å². The quantitative estimate of drug-likeness (QED) is 0.655. The van der Waals surface area contributed by atoms with Gasteiger partial charge in [0, 0.05) is 42.3 Å². The van der Waals surface area contributed by atoms with Gasteiger partial charge in [-0.2, -0.15) is 15.4 Å². The first kappa shape index (κ1) is 17.3. The van der Waals surface area contributed by atoms with E-state index >= 15 is 0 Å². The SMILES string of the molecule is Cc1n[nH]nc1C(=O)N1CCCC(CNC(=O)c2ccc3[nH]ccc3c2)C1. The van der Waals surface area contributed by atoms with Gasteiger partial charge in [-0.3, -0.25) is 9.59 Å². The summed E-state index contributed by atoms with van der Waals surface area (Å²) in [4.78, 5) is 30.0. The van der Waals surface area contributed by atoms with Crippen LogP contribution in [0.2, 0.25) is 0 Å². The maximum absolute atomic E-state index is 12.6. The number of carbonyl (C=O) groups is 2. The van der Waals surface area contributed by atoms with Crippen LogP contribution in [-0.2, 0) is 0 Å². The zero-order valence-corrected chi connectivity index (χ0v) is 15.2. The van der Waals surface area contributed by atoms with Crippen molar-refractivity contribution in [2.24, 2.45) is 5.92 Å². The van der Waals surface area contributed by atoms with Crippen molar-refractivity contribution in [3.05, 3.63) is 47.4 Å². The minimum Gasteiger partial charge on any atom is -0.361 e. The molecule has 1 atom stereocenters. The molecule has 8 nitrogen and oxygen atoms in total. The molecule has 2 amide bonds. The lowest BCUT2D eigenvalue weighted by Gasteiger charge is -2.32. The maximum atomic E-state index is 12.6. The van der Waals surface area contributed by atoms with Crippen molar-refractivity contribution >= 4 is 22.7 Å². The first-order chi connectivity index (χ1) is 13.1. The second-order valence-electron chi connectivity index (χ2n) is 7.01. The number of likely N-dealkylation sites (tertiary alicyclic amines) is 1. The highest BCUT2D eigenvalue weighted by atomic mass is 16.2. The second-order valence-corrected chi connectivity index (χ2v) is 7.01. The van der Waals surface area contributed by atoms with Crippen molar-refractivity contribution in [1.29, 1.82) is 0 Å². The van der Waals surface area contributed by atoms with E-state index in [1.165, 1.54) is 0 Å². The van der Waals surface area contributed by atoms with E-state index in [9.17, 15) is 9.59 Å². The molecule has 4 rings (SSSR count). The van der Waals surface area contributed by atoms with Crippen molar-refractivity contribution in [2.45, 2.75) is 19.8 Å². The van der Waals surface area contributed by atoms with E-state index in [-0.39, 0.29) is 17.7 Å². The van der Waals surface area contributed by atoms with Crippen LogP contribution in [0.4, 0.5) is 0 Å². The number of H-pyrrole nitrogens is 2. The number of nitrogens with zero attached hydrogens (tertiary/aromatic N) is 3. The van der Waals surface area contributed by atoms with E-state index in [1.807, 2.05) is 30.5 Å². The van der Waals surface area contributed by atoms with Crippen molar-refractivity contribution in [2.75, 3.05) is 19.6 Å². The molecular weight excluding hydrogens is 344 g/mol. The lowest BCUT2D eigenvalue weighted by Crippen LogP contribution is -2.44. The first-order valence-electron chi connectivity index (χ1n) is 9.14. The highest BCUT2D eigenvalue weighted by Crippen LogP contribution is 2.19. The lowest BCUT2D eigenvalue weighted by atomic mass is 9.97. The zero-order valence-electron chi connectivity index (χ0n) is 15.2. The standard InChI is InChI=1S/C19H22N6O2/c1-12-17(23-24-22-12)19(27)25-8-2-3-13(11-25)10-21-18(26)15-4-5-16-14(9-15)6-7-20-16/h4-7,9,13,20H,2-3,8,10-11H2,1H3,(H,21,26)(H,22,23,24). The summed E-state index contributed by atoms with van der Waals surface area (Å²) < 4.78 is 0. The van der Waals surface area contributed by atoms with Gasteiger partial charge in [0.2, 0.25) is 0 Å². The smallest absolute Gasteiger partial charge is 0.276 e. The fourth-order valence-corrected chi connectivity index (χ4v) is 3.59. The van der Waals surface area contributed by atoms with Gasteiger partial charge in [-0.05, 0) is 49.9 Å². The number of rotatable bonds is 4. The van der Waals surface area contributed by atoms with Crippen molar-refractivity contribution in [3.8, 4) is 0 Å². The van der Waals surface area contributed by atoms with Gasteiger partial charge in [0.25, 0.3) is 11.8 Å². The maximum Gasteiger partial charge on any atom is 0.276 e. The zero-order chi connectivity index (χ0) is 18.8. The summed E-state index contributed by atoms with van der Waals surface area (Å²) >= 11 is 0. The van der Waals surface area contributed by atoms with Gasteiger partial charge in [0.05, 0.1) is 5.69 Å². The summed E-state index contributed by atoms with van der Waals surface area (Å²) in [7, 11) is 0. The average Bonchev–Trinajstić information content (AvgIpc) is 3.33. The van der Waals surface area contributed by atoms with Gasteiger partial charge >= 0.3 is 0 Å². The molecule has 1 aliphatic heterocycles. The number of hydrogen-bond acceptors (Lipinski definition) is 4. The number of aromatic amines is 2. The Balaban J connectivity index is 1.35. The van der Waals surface area contributed by atoms with Crippen LogP contribution in [0.5, 0.6) is 0 Å². The molecule has 140 valence electrons. The summed E-state index contributed by atoms with van der Waals surface area (Å²) in [5.41, 5.74) is 2.63. The van der Waals surface area contributed by atoms with Crippen LogP contribution in [0.3, 0.4) is 0 Å². The van der Waals surface area contributed by atoms with E-state index < -0.39 is 0 Å². The Hall–Kier alpha value is -3.16. The number of aryl methyl sites for hydroxylation is 1. The highest BCUT2D eigenvalue weighted by molar-refractivity contribution is 5.98. The van der Waals surface area contributed by atoms with Gasteiger partial charge in [0.15, 0.2) is 5.69 Å². The molecule has 1 fully saturated rings. The molecule has 0 bridgehead atoms. The van der Waals surface area contributed by atoms with Crippen LogP contribution < -0.4 is 5.32 Å². The molecule has 1 unspecified atom stereocenters. The number of amides is 2. The predicted octanol–water partition coefficient (Wildman–Crippen LogP) is 1.88. The molecule has 3 N–H and O–H groups in total. The van der Waals surface area contributed by atoms with Crippen LogP contribution in [0.1, 0.15) is 39.4 Å². The van der Waals surface area contributed by atoms with E-state index in [4.69, 9.17) is 0 Å². The monoisotopic (exact) mass is 366 g/mol. The normalized spacial score (nSPS) is 17.2. The molecule has 0 aliphatic carbocycles.